The van der Waals surface area contributed by atoms with Crippen molar-refractivity contribution in [3.8, 4) is 0 Å². The van der Waals surface area contributed by atoms with E-state index >= 15 is 0 Å². The molecule has 1 N–H and O–H groups in total. The Labute approximate surface area is 138 Å². The molecule has 0 radical (unpaired) electrons. The molecule has 114 valence electrons. The Morgan fingerprint density at radius 3 is 2.50 bits per heavy atom. The van der Waals surface area contributed by atoms with Crippen molar-refractivity contribution in [2.45, 2.75) is 26.3 Å². The number of piperidine rings is 1. The van der Waals surface area contributed by atoms with Gasteiger partial charge in [-0.15, -0.1) is 12.4 Å². The Bertz CT molecular complexity index is 404. The van der Waals surface area contributed by atoms with Crippen LogP contribution in [-0.4, -0.2) is 31.1 Å². The Balaban J connectivity index is 0.00000200. The van der Waals surface area contributed by atoms with Gasteiger partial charge in [-0.25, -0.2) is 0 Å². The minimum absolute atomic E-state index is 0. The Kier molecular flexibility index (Phi) is 8.23. The van der Waals surface area contributed by atoms with E-state index < -0.39 is 0 Å². The summed E-state index contributed by atoms with van der Waals surface area (Å²) in [7, 11) is 0. The van der Waals surface area contributed by atoms with Crippen LogP contribution in [0.5, 0.6) is 0 Å². The lowest BCUT2D eigenvalue weighted by Gasteiger charge is -2.32. The van der Waals surface area contributed by atoms with Crippen LogP contribution in [-0.2, 0) is 6.54 Å². The third-order valence-corrected chi connectivity index (χ3v) is 4.52. The highest BCUT2D eigenvalue weighted by atomic mass is 35.5. The summed E-state index contributed by atoms with van der Waals surface area (Å²) in [5.41, 5.74) is 1.25. The summed E-state index contributed by atoms with van der Waals surface area (Å²) in [5.74, 6) is 0.838. The number of likely N-dealkylation sites (tertiary alicyclic amines) is 1. The third-order valence-electron chi connectivity index (χ3n) is 3.78. The number of hydrogen-bond donors (Lipinski definition) is 1. The van der Waals surface area contributed by atoms with Gasteiger partial charge in [-0.05, 0) is 62.6 Å². The molecular weight excluding hydrogens is 315 g/mol. The lowest BCUT2D eigenvalue weighted by molar-refractivity contribution is 0.176. The molecule has 5 heteroatoms. The predicted molar refractivity (Wildman–Crippen MR) is 90.3 cm³/mol. The second-order valence-electron chi connectivity index (χ2n) is 5.28. The van der Waals surface area contributed by atoms with Gasteiger partial charge in [0.1, 0.15) is 0 Å². The number of nitrogens with zero attached hydrogens (tertiary/aromatic N) is 1. The van der Waals surface area contributed by atoms with Crippen molar-refractivity contribution >= 4 is 35.6 Å². The van der Waals surface area contributed by atoms with Gasteiger partial charge in [-0.2, -0.15) is 0 Å². The van der Waals surface area contributed by atoms with Crippen LogP contribution in [0.4, 0.5) is 0 Å². The first-order valence-electron chi connectivity index (χ1n) is 7.06. The van der Waals surface area contributed by atoms with Crippen molar-refractivity contribution in [2.75, 3.05) is 26.2 Å². The minimum atomic E-state index is 0. The van der Waals surface area contributed by atoms with Gasteiger partial charge >= 0.3 is 0 Å². The molecule has 1 saturated heterocycles. The van der Waals surface area contributed by atoms with E-state index in [-0.39, 0.29) is 12.4 Å². The van der Waals surface area contributed by atoms with Gasteiger partial charge in [0.25, 0.3) is 0 Å². The van der Waals surface area contributed by atoms with Gasteiger partial charge in [-0.3, -0.25) is 4.90 Å². The van der Waals surface area contributed by atoms with Crippen LogP contribution in [0, 0.1) is 5.92 Å². The van der Waals surface area contributed by atoms with E-state index in [0.29, 0.717) is 10.0 Å². The smallest absolute Gasteiger partial charge is 0.0595 e. The SMILES string of the molecule is CCNCC1CCN(Cc2ccc(Cl)c(Cl)c2)CC1.Cl. The first-order valence-corrected chi connectivity index (χ1v) is 7.81. The summed E-state index contributed by atoms with van der Waals surface area (Å²) in [6, 6.07) is 5.94. The van der Waals surface area contributed by atoms with E-state index in [1.54, 1.807) is 0 Å². The van der Waals surface area contributed by atoms with Crippen LogP contribution in [0.3, 0.4) is 0 Å². The first-order chi connectivity index (χ1) is 9.19. The van der Waals surface area contributed by atoms with Crippen molar-refractivity contribution < 1.29 is 0 Å². The van der Waals surface area contributed by atoms with Crippen molar-refractivity contribution in [1.82, 2.24) is 10.2 Å². The van der Waals surface area contributed by atoms with E-state index in [4.69, 9.17) is 23.2 Å². The fraction of sp³-hybridized carbons (Fsp3) is 0.600. The van der Waals surface area contributed by atoms with Crippen molar-refractivity contribution in [2.24, 2.45) is 5.92 Å². The zero-order valence-electron chi connectivity index (χ0n) is 11.9. The molecule has 1 aromatic rings. The highest BCUT2D eigenvalue weighted by Gasteiger charge is 2.18. The molecule has 0 saturated carbocycles. The van der Waals surface area contributed by atoms with Crippen molar-refractivity contribution in [3.05, 3.63) is 33.8 Å². The van der Waals surface area contributed by atoms with Gasteiger partial charge in [0.05, 0.1) is 10.0 Å². The summed E-state index contributed by atoms with van der Waals surface area (Å²) < 4.78 is 0. The molecule has 0 bridgehead atoms. The standard InChI is InChI=1S/C15H22Cl2N2.ClH/c1-2-18-10-12-5-7-19(8-6-12)11-13-3-4-14(16)15(17)9-13;/h3-4,9,12,18H,2,5-8,10-11H2,1H3;1H. The topological polar surface area (TPSA) is 15.3 Å². The maximum absolute atomic E-state index is 6.05. The van der Waals surface area contributed by atoms with E-state index in [2.05, 4.69) is 23.2 Å². The second-order valence-corrected chi connectivity index (χ2v) is 6.09. The molecule has 0 atom stereocenters. The van der Waals surface area contributed by atoms with Crippen molar-refractivity contribution in [3.63, 3.8) is 0 Å². The molecule has 2 rings (SSSR count). The van der Waals surface area contributed by atoms with Crippen LogP contribution in [0.2, 0.25) is 10.0 Å². The maximum atomic E-state index is 6.05. The molecule has 1 aliphatic rings. The summed E-state index contributed by atoms with van der Waals surface area (Å²) >= 11 is 12.0. The van der Waals surface area contributed by atoms with Crippen LogP contribution < -0.4 is 5.32 Å². The number of halogens is 3. The lowest BCUT2D eigenvalue weighted by Crippen LogP contribution is -2.36. The molecular formula is C15H23Cl3N2. The van der Waals surface area contributed by atoms with Gasteiger partial charge in [0, 0.05) is 6.54 Å². The van der Waals surface area contributed by atoms with Gasteiger partial charge in [0.2, 0.25) is 0 Å². The average Bonchev–Trinajstić information content (AvgIpc) is 2.42. The van der Waals surface area contributed by atoms with Crippen LogP contribution in [0.15, 0.2) is 18.2 Å². The molecule has 1 heterocycles. The molecule has 1 aromatic carbocycles. The molecule has 0 aliphatic carbocycles. The van der Waals surface area contributed by atoms with E-state index in [1.165, 1.54) is 31.5 Å². The fourth-order valence-corrected chi connectivity index (χ4v) is 2.91. The third kappa shape index (κ3) is 5.42. The molecule has 0 aromatic heterocycles. The summed E-state index contributed by atoms with van der Waals surface area (Å²) in [6.07, 6.45) is 2.57. The Hall–Kier alpha value is 0.01000. The van der Waals surface area contributed by atoms with E-state index in [0.717, 1.165) is 25.6 Å². The van der Waals surface area contributed by atoms with E-state index in [1.807, 2.05) is 12.1 Å². The Morgan fingerprint density at radius 1 is 1.20 bits per heavy atom. The summed E-state index contributed by atoms with van der Waals surface area (Å²) in [5, 5.41) is 4.73. The summed E-state index contributed by atoms with van der Waals surface area (Å²) in [4.78, 5) is 2.50. The van der Waals surface area contributed by atoms with Gasteiger partial charge in [-0.1, -0.05) is 36.2 Å². The molecule has 20 heavy (non-hydrogen) atoms. The second kappa shape index (κ2) is 9.11. The van der Waals surface area contributed by atoms with Crippen molar-refractivity contribution in [1.29, 1.82) is 0 Å². The number of benzene rings is 1. The zero-order chi connectivity index (χ0) is 13.7. The maximum Gasteiger partial charge on any atom is 0.0595 e. The number of rotatable bonds is 5. The molecule has 2 nitrogen and oxygen atoms in total. The van der Waals surface area contributed by atoms with Crippen LogP contribution in [0.1, 0.15) is 25.3 Å². The minimum Gasteiger partial charge on any atom is -0.317 e. The van der Waals surface area contributed by atoms with Gasteiger partial charge in [0.15, 0.2) is 0 Å². The quantitative estimate of drug-likeness (QED) is 0.864. The monoisotopic (exact) mass is 336 g/mol. The van der Waals surface area contributed by atoms with Crippen LogP contribution in [0.25, 0.3) is 0 Å². The average molecular weight is 338 g/mol. The highest BCUT2D eigenvalue weighted by molar-refractivity contribution is 6.42. The fourth-order valence-electron chi connectivity index (χ4n) is 2.59. The Morgan fingerprint density at radius 2 is 1.90 bits per heavy atom. The first kappa shape index (κ1) is 18.1. The summed E-state index contributed by atoms with van der Waals surface area (Å²) in [6.45, 7) is 7.73. The van der Waals surface area contributed by atoms with E-state index in [9.17, 15) is 0 Å². The molecule has 0 unspecified atom stereocenters. The predicted octanol–water partition coefficient (Wildman–Crippen LogP) is 4.24. The highest BCUT2D eigenvalue weighted by Crippen LogP contribution is 2.24. The molecule has 1 aliphatic heterocycles. The lowest BCUT2D eigenvalue weighted by atomic mass is 9.96. The molecule has 0 amide bonds. The number of hydrogen-bond acceptors (Lipinski definition) is 2. The largest absolute Gasteiger partial charge is 0.317 e. The zero-order valence-corrected chi connectivity index (χ0v) is 14.2. The van der Waals surface area contributed by atoms with Crippen LogP contribution >= 0.6 is 35.6 Å². The molecule has 0 spiro atoms. The molecule has 1 fully saturated rings. The number of nitrogens with one attached hydrogen (secondary N) is 1. The van der Waals surface area contributed by atoms with Gasteiger partial charge < -0.3 is 5.32 Å². The normalized spacial score (nSPS) is 16.9.